The van der Waals surface area contributed by atoms with Gasteiger partial charge in [-0.25, -0.2) is 14.2 Å². The van der Waals surface area contributed by atoms with Crippen LogP contribution >= 0.6 is 18.9 Å². The maximum absolute atomic E-state index is 14.4. The second-order valence-corrected chi connectivity index (χ2v) is 11.6. The van der Waals surface area contributed by atoms with Gasteiger partial charge in [-0.05, 0) is 65.4 Å². The average molecular weight is 570 g/mol. The molecule has 0 aliphatic rings. The number of carbonyl (C=O) groups excluding carboxylic acids is 1. The molecule has 12 heteroatoms. The molecule has 0 aliphatic heterocycles. The van der Waals surface area contributed by atoms with Crippen LogP contribution in [0.1, 0.15) is 47.6 Å². The number of benzene rings is 1. The smallest absolute Gasteiger partial charge is 0.357 e. The highest BCUT2D eigenvalue weighted by Crippen LogP contribution is 2.48. The van der Waals surface area contributed by atoms with E-state index in [2.05, 4.69) is 22.1 Å². The molecule has 9 nitrogen and oxygen atoms in total. The van der Waals surface area contributed by atoms with Gasteiger partial charge in [-0.2, -0.15) is 0 Å². The lowest BCUT2D eigenvalue weighted by atomic mass is 10.2. The summed E-state index contributed by atoms with van der Waals surface area (Å²) in [6.07, 6.45) is 1.87. The number of hydrogen-bond donors (Lipinski definition) is 1. The molecular formula is C26H37FN3O6PS. The highest BCUT2D eigenvalue weighted by molar-refractivity contribution is 7.53. The van der Waals surface area contributed by atoms with Gasteiger partial charge in [-0.15, -0.1) is 11.3 Å². The number of rotatable bonds is 16. The van der Waals surface area contributed by atoms with Crippen LogP contribution in [0, 0.1) is 17.7 Å². The molecule has 38 heavy (non-hydrogen) atoms. The normalized spacial score (nSPS) is 11.2. The van der Waals surface area contributed by atoms with Crippen LogP contribution < -0.4 is 10.1 Å². The van der Waals surface area contributed by atoms with Crippen LogP contribution in [-0.2, 0) is 24.8 Å². The molecule has 0 bridgehead atoms. The largest absolute Gasteiger partial charge is 0.491 e. The molecule has 0 fully saturated rings. The number of aromatic nitrogens is 1. The quantitative estimate of drug-likeness (QED) is 0.129. The lowest BCUT2D eigenvalue weighted by Crippen LogP contribution is -2.10. The van der Waals surface area contributed by atoms with Crippen molar-refractivity contribution >= 4 is 30.0 Å². The molecule has 0 aliphatic carbocycles. The third kappa shape index (κ3) is 10.7. The maximum Gasteiger partial charge on any atom is 0.357 e. The number of nitrogens with one attached hydrogen (secondary N) is 1. The number of ether oxygens (including phenoxy) is 2. The molecule has 0 saturated heterocycles. The topological polar surface area (TPSA) is 99.2 Å². The molecule has 0 unspecified atom stereocenters. The fraction of sp³-hybridized carbons (Fsp3) is 0.538. The first-order chi connectivity index (χ1) is 18.2. The zero-order valence-electron chi connectivity index (χ0n) is 22.7. The first kappa shape index (κ1) is 31.7. The van der Waals surface area contributed by atoms with Crippen molar-refractivity contribution in [2.24, 2.45) is 0 Å². The molecule has 1 heterocycles. The monoisotopic (exact) mass is 569 g/mol. The maximum atomic E-state index is 14.4. The summed E-state index contributed by atoms with van der Waals surface area (Å²) >= 11 is 1.34. The molecule has 0 radical (unpaired) electrons. The summed E-state index contributed by atoms with van der Waals surface area (Å²) in [7, 11) is 2.03. The Hall–Kier alpha value is -2.48. The molecule has 210 valence electrons. The van der Waals surface area contributed by atoms with Crippen LogP contribution in [0.25, 0.3) is 0 Å². The summed E-state index contributed by atoms with van der Waals surface area (Å²) < 4.78 is 48.1. The fourth-order valence-corrected chi connectivity index (χ4v) is 5.97. The van der Waals surface area contributed by atoms with Gasteiger partial charge in [0.25, 0.3) is 0 Å². The number of halogens is 1. The predicted molar refractivity (Wildman–Crippen MR) is 148 cm³/mol. The number of aryl methyl sites for hydroxylation is 1. The van der Waals surface area contributed by atoms with Crippen molar-refractivity contribution in [2.75, 3.05) is 65.6 Å². The van der Waals surface area contributed by atoms with Crippen LogP contribution in [0.5, 0.6) is 5.75 Å². The lowest BCUT2D eigenvalue weighted by Gasteiger charge is -2.16. The summed E-state index contributed by atoms with van der Waals surface area (Å²) in [6, 6.07) is 4.65. The van der Waals surface area contributed by atoms with Gasteiger partial charge < -0.3 is 23.8 Å². The van der Waals surface area contributed by atoms with E-state index >= 15 is 0 Å². The molecule has 2 aromatic rings. The number of hydrogen-bond acceptors (Lipinski definition) is 10. The van der Waals surface area contributed by atoms with E-state index in [-0.39, 0.29) is 24.2 Å². The Kier molecular flexibility index (Phi) is 13.8. The van der Waals surface area contributed by atoms with E-state index in [1.807, 2.05) is 19.0 Å². The van der Waals surface area contributed by atoms with Crippen molar-refractivity contribution in [1.82, 2.24) is 9.88 Å². The Labute approximate surface area is 228 Å². The number of nitrogens with zero attached hydrogens (tertiary/aromatic N) is 2. The minimum Gasteiger partial charge on any atom is -0.491 e. The van der Waals surface area contributed by atoms with Crippen molar-refractivity contribution < 1.29 is 32.3 Å². The summed E-state index contributed by atoms with van der Waals surface area (Å²) in [5.74, 6) is 5.05. The van der Waals surface area contributed by atoms with E-state index in [1.165, 1.54) is 24.5 Å². The van der Waals surface area contributed by atoms with Crippen molar-refractivity contribution in [1.29, 1.82) is 0 Å². The minimum absolute atomic E-state index is 0.152. The Bertz CT molecular complexity index is 1140. The zero-order valence-corrected chi connectivity index (χ0v) is 24.4. The van der Waals surface area contributed by atoms with Gasteiger partial charge in [-0.3, -0.25) is 9.46 Å². The van der Waals surface area contributed by atoms with Gasteiger partial charge in [0, 0.05) is 17.0 Å². The second kappa shape index (κ2) is 16.5. The first-order valence-electron chi connectivity index (χ1n) is 12.5. The highest BCUT2D eigenvalue weighted by atomic mass is 32.1. The Balaban J connectivity index is 1.90. The fourth-order valence-electron chi connectivity index (χ4n) is 3.29. The van der Waals surface area contributed by atoms with Crippen molar-refractivity contribution in [3.63, 3.8) is 0 Å². The van der Waals surface area contributed by atoms with Crippen LogP contribution in [0.3, 0.4) is 0 Å². The third-order valence-electron chi connectivity index (χ3n) is 4.98. The molecule has 0 atom stereocenters. The van der Waals surface area contributed by atoms with E-state index in [4.69, 9.17) is 18.5 Å². The van der Waals surface area contributed by atoms with Gasteiger partial charge >= 0.3 is 13.6 Å². The summed E-state index contributed by atoms with van der Waals surface area (Å²) in [5, 5.41) is 3.72. The second-order valence-electron chi connectivity index (χ2n) is 8.37. The summed E-state index contributed by atoms with van der Waals surface area (Å²) in [5.41, 5.74) is 0.823. The molecule has 1 aromatic heterocycles. The number of esters is 1. The van der Waals surface area contributed by atoms with E-state index in [9.17, 15) is 13.8 Å². The average Bonchev–Trinajstić information content (AvgIpc) is 3.28. The van der Waals surface area contributed by atoms with Gasteiger partial charge in [-0.1, -0.05) is 11.8 Å². The highest BCUT2D eigenvalue weighted by Gasteiger charge is 2.23. The molecule has 0 amide bonds. The van der Waals surface area contributed by atoms with E-state index in [1.54, 1.807) is 26.0 Å². The molecule has 2 rings (SSSR count). The molecular weight excluding hydrogens is 532 g/mol. The zero-order chi connectivity index (χ0) is 28.0. The molecule has 0 spiro atoms. The first-order valence-corrected chi connectivity index (χ1v) is 15.0. The van der Waals surface area contributed by atoms with Gasteiger partial charge in [0.2, 0.25) is 0 Å². The van der Waals surface area contributed by atoms with E-state index < -0.39 is 19.4 Å². The number of carbonyl (C=O) groups is 1. The van der Waals surface area contributed by atoms with Gasteiger partial charge in [0.1, 0.15) is 0 Å². The lowest BCUT2D eigenvalue weighted by molar-refractivity contribution is 0.0593. The SMILES string of the molecule is CCOP(=O)(CCCNc1nc(C(=O)OC)c(CCCOc2ccc(C#CCN(C)C)cc2F)s1)OCC. The summed E-state index contributed by atoms with van der Waals surface area (Å²) in [6.45, 7) is 5.51. The standard InChI is InChI=1S/C26H37FN3O6PS/c1-6-35-37(32,36-7-2)18-10-15-28-26-29-24(25(31)33-5)23(38-26)12-9-17-34-22-14-13-20(19-21(22)27)11-8-16-30(3)4/h13-14,19H,6-7,9-10,12,15-18H2,1-5H3,(H,28,29). The molecule has 0 saturated carbocycles. The Morgan fingerprint density at radius 3 is 2.58 bits per heavy atom. The van der Waals surface area contributed by atoms with Crippen molar-refractivity contribution in [3.05, 3.63) is 40.2 Å². The molecule has 1 N–H and O–H groups in total. The van der Waals surface area contributed by atoms with Crippen LogP contribution in [0.2, 0.25) is 0 Å². The Morgan fingerprint density at radius 2 is 1.95 bits per heavy atom. The van der Waals surface area contributed by atoms with Gasteiger partial charge in [0.05, 0.1) is 39.6 Å². The van der Waals surface area contributed by atoms with E-state index in [0.29, 0.717) is 56.3 Å². The number of methoxy groups -OCH3 is 1. The third-order valence-corrected chi connectivity index (χ3v) is 8.22. The summed E-state index contributed by atoms with van der Waals surface area (Å²) in [4.78, 5) is 19.3. The van der Waals surface area contributed by atoms with Crippen LogP contribution in [0.4, 0.5) is 9.52 Å². The molecule has 1 aromatic carbocycles. The van der Waals surface area contributed by atoms with Crippen molar-refractivity contribution in [2.45, 2.75) is 33.1 Å². The van der Waals surface area contributed by atoms with Gasteiger partial charge in [0.15, 0.2) is 22.4 Å². The van der Waals surface area contributed by atoms with Crippen LogP contribution in [0.15, 0.2) is 18.2 Å². The van der Waals surface area contributed by atoms with Crippen LogP contribution in [-0.4, -0.2) is 76.1 Å². The Morgan fingerprint density at radius 1 is 1.21 bits per heavy atom. The number of thiazole rings is 1. The van der Waals surface area contributed by atoms with E-state index in [0.717, 1.165) is 4.88 Å². The number of anilines is 1. The van der Waals surface area contributed by atoms with Crippen molar-refractivity contribution in [3.8, 4) is 17.6 Å². The minimum atomic E-state index is -3.10. The predicted octanol–water partition coefficient (Wildman–Crippen LogP) is 5.06.